The summed E-state index contributed by atoms with van der Waals surface area (Å²) in [5.41, 5.74) is 3.31. The van der Waals surface area contributed by atoms with Crippen molar-refractivity contribution in [3.05, 3.63) is 54.1 Å². The van der Waals surface area contributed by atoms with Gasteiger partial charge in [0.25, 0.3) is 0 Å². The third-order valence-electron chi connectivity index (χ3n) is 4.20. The number of aliphatic hydroxyl groups is 1. The highest BCUT2D eigenvalue weighted by molar-refractivity contribution is 7.99. The molecule has 0 saturated carbocycles. The van der Waals surface area contributed by atoms with Gasteiger partial charge in [0.15, 0.2) is 5.16 Å². The molecule has 4 rings (SSSR count). The predicted octanol–water partition coefficient (Wildman–Crippen LogP) is 3.16. The van der Waals surface area contributed by atoms with Gasteiger partial charge in [-0.25, -0.2) is 0 Å². The summed E-state index contributed by atoms with van der Waals surface area (Å²) in [7, 11) is 0. The Morgan fingerprint density at radius 1 is 1.04 bits per heavy atom. The number of rotatable bonds is 7. The van der Waals surface area contributed by atoms with E-state index in [9.17, 15) is 5.11 Å². The molecule has 0 spiro atoms. The van der Waals surface area contributed by atoms with Crippen LogP contribution in [0.3, 0.4) is 0 Å². The van der Waals surface area contributed by atoms with Crippen molar-refractivity contribution in [2.45, 2.75) is 18.6 Å². The van der Waals surface area contributed by atoms with Gasteiger partial charge in [-0.3, -0.25) is 4.40 Å². The Balaban J connectivity index is 1.52. The molecular weight excluding hydrogens is 348 g/mol. The highest BCUT2D eigenvalue weighted by Gasteiger charge is 2.16. The number of hydrogen-bond donors (Lipinski definition) is 1. The molecule has 2 aromatic heterocycles. The molecule has 0 fully saturated rings. The van der Waals surface area contributed by atoms with Crippen LogP contribution in [0.1, 0.15) is 5.56 Å². The smallest absolute Gasteiger partial charge is 0.237 e. The first-order chi connectivity index (χ1) is 12.8. The Bertz CT molecular complexity index is 1020. The van der Waals surface area contributed by atoms with Crippen molar-refractivity contribution in [2.75, 3.05) is 19.0 Å². The van der Waals surface area contributed by atoms with Gasteiger partial charge in [0.2, 0.25) is 5.78 Å². The van der Waals surface area contributed by atoms with Gasteiger partial charge in [0.1, 0.15) is 5.75 Å². The normalized spacial score (nSPS) is 11.5. The number of para-hydroxylation sites is 2. The Labute approximate surface area is 155 Å². The average molecular weight is 368 g/mol. The zero-order valence-electron chi connectivity index (χ0n) is 14.5. The third kappa shape index (κ3) is 3.15. The van der Waals surface area contributed by atoms with E-state index in [1.807, 2.05) is 57.5 Å². The van der Waals surface area contributed by atoms with Crippen molar-refractivity contribution >= 4 is 28.6 Å². The number of imidazole rings is 1. The second-order valence-corrected chi connectivity index (χ2v) is 7.05. The number of benzene rings is 2. The van der Waals surface area contributed by atoms with Crippen molar-refractivity contribution in [3.8, 4) is 5.75 Å². The maximum atomic E-state index is 9.36. The van der Waals surface area contributed by atoms with Gasteiger partial charge in [-0.2, -0.15) is 0 Å². The fourth-order valence-corrected chi connectivity index (χ4v) is 3.73. The molecule has 26 heavy (non-hydrogen) atoms. The topological polar surface area (TPSA) is 64.6 Å². The van der Waals surface area contributed by atoms with Crippen LogP contribution in [-0.2, 0) is 6.54 Å². The summed E-state index contributed by atoms with van der Waals surface area (Å²) in [4.78, 5) is 0. The van der Waals surface area contributed by atoms with Crippen LogP contribution in [0.15, 0.2) is 53.7 Å². The molecule has 0 radical (unpaired) electrons. The minimum Gasteiger partial charge on any atom is -0.493 e. The molecule has 0 aliphatic carbocycles. The maximum Gasteiger partial charge on any atom is 0.237 e. The first-order valence-electron chi connectivity index (χ1n) is 8.53. The number of nitrogens with zero attached hydrogens (tertiary/aromatic N) is 4. The Kier molecular flexibility index (Phi) is 4.81. The van der Waals surface area contributed by atoms with E-state index >= 15 is 0 Å². The van der Waals surface area contributed by atoms with Gasteiger partial charge in [-0.05, 0) is 31.2 Å². The van der Waals surface area contributed by atoms with Crippen LogP contribution in [0.2, 0.25) is 0 Å². The van der Waals surface area contributed by atoms with Gasteiger partial charge < -0.3 is 14.4 Å². The molecule has 4 aromatic rings. The van der Waals surface area contributed by atoms with Gasteiger partial charge in [-0.1, -0.05) is 41.6 Å². The number of aliphatic hydroxyl groups excluding tert-OH is 1. The molecule has 6 nitrogen and oxygen atoms in total. The lowest BCUT2D eigenvalue weighted by Crippen LogP contribution is -2.02. The fraction of sp³-hybridized carbons (Fsp3) is 0.263. The molecule has 0 aliphatic heterocycles. The van der Waals surface area contributed by atoms with Crippen LogP contribution >= 0.6 is 11.8 Å². The van der Waals surface area contributed by atoms with E-state index in [4.69, 9.17) is 4.74 Å². The average Bonchev–Trinajstić information content (AvgIpc) is 3.20. The number of hydrogen-bond acceptors (Lipinski definition) is 5. The van der Waals surface area contributed by atoms with Gasteiger partial charge >= 0.3 is 0 Å². The van der Waals surface area contributed by atoms with Gasteiger partial charge in [-0.15, -0.1) is 10.2 Å². The summed E-state index contributed by atoms with van der Waals surface area (Å²) in [6.45, 7) is 3.21. The van der Waals surface area contributed by atoms with Crippen molar-refractivity contribution in [1.82, 2.24) is 19.2 Å². The molecule has 0 unspecified atom stereocenters. The molecule has 1 N–H and O–H groups in total. The van der Waals surface area contributed by atoms with Crippen LogP contribution in [-0.4, -0.2) is 43.2 Å². The SMILES string of the molecule is Cc1ccc(OCCSc2nnc3n(CCO)c4ccccc4n23)cc1. The molecular formula is C19H20N4O2S. The number of aryl methyl sites for hydroxylation is 1. The lowest BCUT2D eigenvalue weighted by molar-refractivity contribution is 0.279. The number of thioether (sulfide) groups is 1. The number of fused-ring (bicyclic) bond motifs is 3. The lowest BCUT2D eigenvalue weighted by Gasteiger charge is -2.05. The zero-order valence-corrected chi connectivity index (χ0v) is 15.3. The van der Waals surface area contributed by atoms with E-state index in [2.05, 4.69) is 17.1 Å². The molecule has 0 saturated heterocycles. The highest BCUT2D eigenvalue weighted by Crippen LogP contribution is 2.25. The van der Waals surface area contributed by atoms with Crippen LogP contribution in [0.25, 0.3) is 16.8 Å². The standard InChI is InChI=1S/C19H20N4O2S/c1-14-6-8-15(9-7-14)25-12-13-26-19-21-20-18-22(10-11-24)16-4-2-3-5-17(16)23(18)19/h2-9,24H,10-13H2,1H3. The Morgan fingerprint density at radius 2 is 1.81 bits per heavy atom. The first-order valence-corrected chi connectivity index (χ1v) is 9.52. The summed E-state index contributed by atoms with van der Waals surface area (Å²) in [6.07, 6.45) is 0. The monoisotopic (exact) mass is 368 g/mol. The van der Waals surface area contributed by atoms with E-state index in [0.717, 1.165) is 33.5 Å². The van der Waals surface area contributed by atoms with Crippen molar-refractivity contribution in [1.29, 1.82) is 0 Å². The second-order valence-electron chi connectivity index (χ2n) is 5.99. The number of ether oxygens (including phenoxy) is 1. The van der Waals surface area contributed by atoms with Crippen molar-refractivity contribution < 1.29 is 9.84 Å². The van der Waals surface area contributed by atoms with Crippen LogP contribution in [0.5, 0.6) is 5.75 Å². The summed E-state index contributed by atoms with van der Waals surface area (Å²) in [6, 6.07) is 16.1. The number of aromatic nitrogens is 4. The molecule has 0 atom stereocenters. The molecule has 134 valence electrons. The Morgan fingerprint density at radius 3 is 2.58 bits per heavy atom. The van der Waals surface area contributed by atoms with Crippen molar-refractivity contribution in [2.24, 2.45) is 0 Å². The van der Waals surface area contributed by atoms with Gasteiger partial charge in [0, 0.05) is 12.3 Å². The van der Waals surface area contributed by atoms with E-state index in [1.54, 1.807) is 11.8 Å². The first kappa shape index (κ1) is 16.9. The van der Waals surface area contributed by atoms with E-state index in [0.29, 0.717) is 13.2 Å². The molecule has 2 heterocycles. The predicted molar refractivity (Wildman–Crippen MR) is 103 cm³/mol. The fourth-order valence-electron chi connectivity index (χ4n) is 2.98. The summed E-state index contributed by atoms with van der Waals surface area (Å²) >= 11 is 1.61. The van der Waals surface area contributed by atoms with Crippen LogP contribution in [0, 0.1) is 6.92 Å². The van der Waals surface area contributed by atoms with Crippen LogP contribution in [0.4, 0.5) is 0 Å². The summed E-state index contributed by atoms with van der Waals surface area (Å²) < 4.78 is 9.82. The molecule has 7 heteroatoms. The van der Waals surface area contributed by atoms with E-state index in [1.165, 1.54) is 5.56 Å². The molecule has 0 amide bonds. The van der Waals surface area contributed by atoms with E-state index in [-0.39, 0.29) is 6.61 Å². The molecule has 0 aliphatic rings. The van der Waals surface area contributed by atoms with Gasteiger partial charge in [0.05, 0.1) is 24.2 Å². The minimum absolute atomic E-state index is 0.0636. The zero-order chi connectivity index (χ0) is 17.9. The van der Waals surface area contributed by atoms with Crippen molar-refractivity contribution in [3.63, 3.8) is 0 Å². The van der Waals surface area contributed by atoms with Crippen LogP contribution < -0.4 is 4.74 Å². The second kappa shape index (κ2) is 7.39. The Hall–Kier alpha value is -2.51. The molecule has 0 bridgehead atoms. The lowest BCUT2D eigenvalue weighted by atomic mass is 10.2. The third-order valence-corrected chi connectivity index (χ3v) is 5.09. The minimum atomic E-state index is 0.0636. The molecule has 2 aromatic carbocycles. The highest BCUT2D eigenvalue weighted by atomic mass is 32.2. The largest absolute Gasteiger partial charge is 0.493 e. The summed E-state index contributed by atoms with van der Waals surface area (Å²) in [5.74, 6) is 2.40. The maximum absolute atomic E-state index is 9.36. The van der Waals surface area contributed by atoms with E-state index < -0.39 is 0 Å². The summed E-state index contributed by atoms with van der Waals surface area (Å²) in [5, 5.41) is 18.8. The quantitative estimate of drug-likeness (QED) is 0.401.